The van der Waals surface area contributed by atoms with E-state index in [0.717, 1.165) is 21.7 Å². The maximum absolute atomic E-state index is 9.83. The zero-order chi connectivity index (χ0) is 14.4. The number of hydrogen-bond acceptors (Lipinski definition) is 4. The van der Waals surface area contributed by atoms with Crippen molar-refractivity contribution in [2.45, 2.75) is 19.6 Å². The number of ether oxygens (including phenoxy) is 1. The first-order chi connectivity index (χ1) is 9.63. The highest BCUT2D eigenvalue weighted by Gasteiger charge is 2.06. The fourth-order valence-corrected chi connectivity index (χ4v) is 2.13. The van der Waals surface area contributed by atoms with Crippen LogP contribution in [-0.2, 0) is 6.54 Å². The zero-order valence-corrected chi connectivity index (χ0v) is 12.9. The van der Waals surface area contributed by atoms with Gasteiger partial charge >= 0.3 is 0 Å². The van der Waals surface area contributed by atoms with Crippen LogP contribution >= 0.6 is 15.9 Å². The van der Waals surface area contributed by atoms with E-state index in [1.165, 1.54) is 0 Å². The Bertz CT molecular complexity index is 541. The van der Waals surface area contributed by atoms with Crippen molar-refractivity contribution >= 4 is 15.9 Å². The summed E-state index contributed by atoms with van der Waals surface area (Å²) in [5, 5.41) is 13.0. The van der Waals surface area contributed by atoms with Crippen molar-refractivity contribution in [3.05, 3.63) is 52.4 Å². The second-order valence-electron chi connectivity index (χ2n) is 4.57. The molecule has 1 heterocycles. The van der Waals surface area contributed by atoms with Crippen molar-refractivity contribution in [1.82, 2.24) is 5.32 Å². The molecule has 0 radical (unpaired) electrons. The van der Waals surface area contributed by atoms with Gasteiger partial charge in [-0.2, -0.15) is 0 Å². The Morgan fingerprint density at radius 1 is 1.35 bits per heavy atom. The minimum Gasteiger partial charge on any atom is -0.491 e. The van der Waals surface area contributed by atoms with Gasteiger partial charge in [-0.05, 0) is 37.3 Å². The Kier molecular flexibility index (Phi) is 5.64. The van der Waals surface area contributed by atoms with Gasteiger partial charge in [-0.25, -0.2) is 0 Å². The largest absolute Gasteiger partial charge is 0.491 e. The van der Waals surface area contributed by atoms with E-state index in [1.54, 1.807) is 0 Å². The molecule has 0 saturated carbocycles. The molecule has 2 rings (SSSR count). The summed E-state index contributed by atoms with van der Waals surface area (Å²) < 4.78 is 11.9. The van der Waals surface area contributed by atoms with Gasteiger partial charge in [0, 0.05) is 11.0 Å². The van der Waals surface area contributed by atoms with E-state index in [9.17, 15) is 5.11 Å². The molecule has 2 N–H and O–H groups in total. The summed E-state index contributed by atoms with van der Waals surface area (Å²) in [5.74, 6) is 2.49. The Morgan fingerprint density at radius 2 is 2.20 bits per heavy atom. The molecule has 1 aromatic heterocycles. The molecular formula is C15H18BrNO3. The van der Waals surface area contributed by atoms with Gasteiger partial charge in [-0.3, -0.25) is 0 Å². The van der Waals surface area contributed by atoms with E-state index in [0.29, 0.717) is 13.1 Å². The van der Waals surface area contributed by atoms with E-state index < -0.39 is 6.10 Å². The topological polar surface area (TPSA) is 54.6 Å². The Morgan fingerprint density at radius 3 is 2.90 bits per heavy atom. The number of aryl methyl sites for hydroxylation is 1. The predicted molar refractivity (Wildman–Crippen MR) is 80.8 cm³/mol. The molecular weight excluding hydrogens is 322 g/mol. The predicted octanol–water partition coefficient (Wildman–Crippen LogP) is 2.88. The number of nitrogens with one attached hydrogen (secondary N) is 1. The van der Waals surface area contributed by atoms with Crippen LogP contribution in [0.1, 0.15) is 11.5 Å². The Labute approximate surface area is 126 Å². The molecule has 4 nitrogen and oxygen atoms in total. The van der Waals surface area contributed by atoms with Gasteiger partial charge in [-0.1, -0.05) is 22.0 Å². The van der Waals surface area contributed by atoms with Crippen molar-refractivity contribution < 1.29 is 14.3 Å². The summed E-state index contributed by atoms with van der Waals surface area (Å²) in [6.45, 7) is 3.21. The summed E-state index contributed by atoms with van der Waals surface area (Å²) in [6.07, 6.45) is -0.565. The van der Waals surface area contributed by atoms with Crippen molar-refractivity contribution in [1.29, 1.82) is 0 Å². The number of furan rings is 1. The second kappa shape index (κ2) is 7.47. The van der Waals surface area contributed by atoms with Gasteiger partial charge in [0.1, 0.15) is 30.0 Å². The number of rotatable bonds is 7. The highest BCUT2D eigenvalue weighted by Crippen LogP contribution is 2.17. The van der Waals surface area contributed by atoms with Gasteiger partial charge in [0.25, 0.3) is 0 Å². The second-order valence-corrected chi connectivity index (χ2v) is 5.48. The minimum absolute atomic E-state index is 0.251. The number of aliphatic hydroxyl groups is 1. The summed E-state index contributed by atoms with van der Waals surface area (Å²) in [7, 11) is 0. The normalized spacial score (nSPS) is 12.3. The monoisotopic (exact) mass is 339 g/mol. The summed E-state index contributed by atoms with van der Waals surface area (Å²) in [4.78, 5) is 0. The molecule has 0 aliphatic carbocycles. The highest BCUT2D eigenvalue weighted by atomic mass is 79.9. The molecule has 0 fully saturated rings. The van der Waals surface area contributed by atoms with Gasteiger partial charge in [0.05, 0.1) is 6.54 Å². The van der Waals surface area contributed by atoms with Gasteiger partial charge < -0.3 is 19.6 Å². The SMILES string of the molecule is Cc1ccc(CNCC(O)COc2cccc(Br)c2)o1. The number of benzene rings is 1. The van der Waals surface area contributed by atoms with Gasteiger partial charge in [-0.15, -0.1) is 0 Å². The standard InChI is InChI=1S/C15H18BrNO3/c1-11-5-6-15(20-11)9-17-8-13(18)10-19-14-4-2-3-12(16)7-14/h2-7,13,17-18H,8-10H2,1H3. The van der Waals surface area contributed by atoms with Crippen molar-refractivity contribution in [2.24, 2.45) is 0 Å². The van der Waals surface area contributed by atoms with Crippen molar-refractivity contribution in [3.63, 3.8) is 0 Å². The zero-order valence-electron chi connectivity index (χ0n) is 11.3. The van der Waals surface area contributed by atoms with Crippen LogP contribution in [0.3, 0.4) is 0 Å². The first kappa shape index (κ1) is 15.1. The lowest BCUT2D eigenvalue weighted by atomic mass is 10.3. The molecule has 1 atom stereocenters. The third-order valence-electron chi connectivity index (χ3n) is 2.71. The third kappa shape index (κ3) is 5.00. The lowest BCUT2D eigenvalue weighted by molar-refractivity contribution is 0.105. The maximum Gasteiger partial charge on any atom is 0.120 e. The molecule has 0 saturated heterocycles. The smallest absolute Gasteiger partial charge is 0.120 e. The lowest BCUT2D eigenvalue weighted by Crippen LogP contribution is -2.31. The van der Waals surface area contributed by atoms with Crippen molar-refractivity contribution in [2.75, 3.05) is 13.2 Å². The first-order valence-corrected chi connectivity index (χ1v) is 7.25. The number of halogens is 1. The third-order valence-corrected chi connectivity index (χ3v) is 3.21. The van der Waals surface area contributed by atoms with Crippen molar-refractivity contribution in [3.8, 4) is 5.75 Å². The first-order valence-electron chi connectivity index (χ1n) is 6.46. The maximum atomic E-state index is 9.83. The van der Waals surface area contributed by atoms with Crippen LogP contribution in [0, 0.1) is 6.92 Å². The molecule has 5 heteroatoms. The van der Waals surface area contributed by atoms with Crippen LogP contribution in [-0.4, -0.2) is 24.4 Å². The molecule has 1 aromatic carbocycles. The Balaban J connectivity index is 1.66. The number of hydrogen-bond donors (Lipinski definition) is 2. The van der Waals surface area contributed by atoms with E-state index in [4.69, 9.17) is 9.15 Å². The van der Waals surface area contributed by atoms with Crippen LogP contribution in [0.25, 0.3) is 0 Å². The van der Waals surface area contributed by atoms with Crippen LogP contribution in [0.4, 0.5) is 0 Å². The van der Waals surface area contributed by atoms with E-state index >= 15 is 0 Å². The molecule has 0 aliphatic rings. The summed E-state index contributed by atoms with van der Waals surface area (Å²) in [5.41, 5.74) is 0. The fraction of sp³-hybridized carbons (Fsp3) is 0.333. The fourth-order valence-electron chi connectivity index (χ4n) is 1.75. The summed E-state index contributed by atoms with van der Waals surface area (Å²) in [6, 6.07) is 11.4. The molecule has 108 valence electrons. The average Bonchev–Trinajstić information content (AvgIpc) is 2.82. The molecule has 2 aromatic rings. The molecule has 1 unspecified atom stereocenters. The molecule has 0 bridgehead atoms. The minimum atomic E-state index is -0.565. The van der Waals surface area contributed by atoms with E-state index in [2.05, 4.69) is 21.2 Å². The quantitative estimate of drug-likeness (QED) is 0.814. The van der Waals surface area contributed by atoms with Gasteiger partial charge in [0.2, 0.25) is 0 Å². The summed E-state index contributed by atoms with van der Waals surface area (Å²) >= 11 is 3.37. The molecule has 0 aliphatic heterocycles. The average molecular weight is 340 g/mol. The number of aliphatic hydroxyl groups excluding tert-OH is 1. The molecule has 0 amide bonds. The van der Waals surface area contributed by atoms with Crippen LogP contribution in [0.15, 0.2) is 45.3 Å². The molecule has 20 heavy (non-hydrogen) atoms. The molecule has 0 spiro atoms. The highest BCUT2D eigenvalue weighted by molar-refractivity contribution is 9.10. The van der Waals surface area contributed by atoms with Gasteiger partial charge in [0.15, 0.2) is 0 Å². The van der Waals surface area contributed by atoms with E-state index in [1.807, 2.05) is 43.3 Å². The Hall–Kier alpha value is -1.30. The van der Waals surface area contributed by atoms with E-state index in [-0.39, 0.29) is 6.61 Å². The van der Waals surface area contributed by atoms with Crippen LogP contribution in [0.2, 0.25) is 0 Å². The van der Waals surface area contributed by atoms with Crippen LogP contribution in [0.5, 0.6) is 5.75 Å². The lowest BCUT2D eigenvalue weighted by Gasteiger charge is -2.13. The van der Waals surface area contributed by atoms with Crippen LogP contribution < -0.4 is 10.1 Å².